The zero-order valence-corrected chi connectivity index (χ0v) is 15.7. The molecule has 25 heavy (non-hydrogen) atoms. The van der Waals surface area contributed by atoms with Crippen LogP contribution in [0.15, 0.2) is 0 Å². The topological polar surface area (TPSA) is 77.1 Å². The summed E-state index contributed by atoms with van der Waals surface area (Å²) in [6.45, 7) is 7.99. The van der Waals surface area contributed by atoms with E-state index >= 15 is 0 Å². The third-order valence-electron chi connectivity index (χ3n) is 3.96. The van der Waals surface area contributed by atoms with Crippen molar-refractivity contribution >= 4 is 0 Å². The quantitative estimate of drug-likeness (QED) is 0.415. The first-order chi connectivity index (χ1) is 12.0. The predicted octanol–water partition coefficient (Wildman–Crippen LogP) is 0.617. The second-order valence-corrected chi connectivity index (χ2v) is 6.73. The van der Waals surface area contributed by atoms with Crippen molar-refractivity contribution in [1.29, 1.82) is 0 Å². The van der Waals surface area contributed by atoms with E-state index in [1.807, 2.05) is 13.8 Å². The molecule has 2 saturated heterocycles. The summed E-state index contributed by atoms with van der Waals surface area (Å²) in [4.78, 5) is 0. The summed E-state index contributed by atoms with van der Waals surface area (Å²) in [5, 5.41) is 0. The Bertz CT molecular complexity index is 361. The lowest BCUT2D eigenvalue weighted by Crippen LogP contribution is -2.31. The maximum Gasteiger partial charge on any atom is 0.163 e. The third-order valence-corrected chi connectivity index (χ3v) is 3.96. The molecule has 148 valence electrons. The molecule has 0 aliphatic carbocycles. The second kappa shape index (κ2) is 10.7. The predicted molar refractivity (Wildman–Crippen MR) is 88.7 cm³/mol. The largest absolute Gasteiger partial charge is 0.377 e. The van der Waals surface area contributed by atoms with Crippen molar-refractivity contribution in [2.45, 2.75) is 44.1 Å². The van der Waals surface area contributed by atoms with Gasteiger partial charge in [0.15, 0.2) is 5.79 Å². The Labute approximate surface area is 149 Å². The monoisotopic (exact) mass is 364 g/mol. The highest BCUT2D eigenvalue weighted by Crippen LogP contribution is 2.22. The molecule has 0 aromatic heterocycles. The van der Waals surface area contributed by atoms with Crippen LogP contribution in [0.1, 0.15) is 13.8 Å². The minimum Gasteiger partial charge on any atom is -0.377 e. The first-order valence-electron chi connectivity index (χ1n) is 8.74. The molecule has 2 heterocycles. The fourth-order valence-corrected chi connectivity index (χ4v) is 2.37. The van der Waals surface area contributed by atoms with Gasteiger partial charge in [-0.15, -0.1) is 0 Å². The summed E-state index contributed by atoms with van der Waals surface area (Å²) in [6.07, 6.45) is -0.0378. The molecule has 2 aliphatic heterocycles. The van der Waals surface area contributed by atoms with E-state index < -0.39 is 5.79 Å². The van der Waals surface area contributed by atoms with Crippen LogP contribution in [0.5, 0.6) is 0 Å². The van der Waals surface area contributed by atoms with Crippen LogP contribution in [0, 0.1) is 0 Å². The van der Waals surface area contributed by atoms with Gasteiger partial charge >= 0.3 is 0 Å². The molecule has 4 unspecified atom stereocenters. The lowest BCUT2D eigenvalue weighted by atomic mass is 10.3. The Morgan fingerprint density at radius 1 is 0.840 bits per heavy atom. The van der Waals surface area contributed by atoms with Gasteiger partial charge in [0.2, 0.25) is 0 Å². The number of rotatable bonds is 14. The molecule has 2 rings (SSSR count). The maximum atomic E-state index is 5.69. The zero-order chi connectivity index (χ0) is 18.1. The van der Waals surface area contributed by atoms with Crippen LogP contribution in [0.4, 0.5) is 0 Å². The Kier molecular flexibility index (Phi) is 9.01. The highest BCUT2D eigenvalue weighted by atomic mass is 16.7. The van der Waals surface area contributed by atoms with Crippen molar-refractivity contribution in [3.05, 3.63) is 0 Å². The minimum atomic E-state index is -0.527. The summed E-state index contributed by atoms with van der Waals surface area (Å²) in [5.41, 5.74) is 0. The molecular formula is C17H32O8. The van der Waals surface area contributed by atoms with Crippen LogP contribution in [0.2, 0.25) is 0 Å². The van der Waals surface area contributed by atoms with Crippen molar-refractivity contribution in [1.82, 2.24) is 0 Å². The van der Waals surface area contributed by atoms with Gasteiger partial charge in [-0.3, -0.25) is 0 Å². The fraction of sp³-hybridized carbons (Fsp3) is 1.00. The van der Waals surface area contributed by atoms with E-state index in [1.54, 1.807) is 14.2 Å². The average Bonchev–Trinajstić information content (AvgIpc) is 3.34. The third kappa shape index (κ3) is 8.74. The number of hydrogen-bond donors (Lipinski definition) is 0. The van der Waals surface area contributed by atoms with E-state index in [1.165, 1.54) is 0 Å². The van der Waals surface area contributed by atoms with E-state index in [0.29, 0.717) is 46.2 Å². The summed E-state index contributed by atoms with van der Waals surface area (Å²) in [5.74, 6) is -0.527. The highest BCUT2D eigenvalue weighted by molar-refractivity contribution is 4.71. The molecule has 0 aromatic carbocycles. The van der Waals surface area contributed by atoms with Gasteiger partial charge in [-0.25, -0.2) is 0 Å². The summed E-state index contributed by atoms with van der Waals surface area (Å²) < 4.78 is 43.9. The SMILES string of the molecule is COC(COCC(COCC1COC(C)(C)O1)OC)COCC1CO1. The maximum absolute atomic E-state index is 5.69. The van der Waals surface area contributed by atoms with E-state index in [-0.39, 0.29) is 24.4 Å². The van der Waals surface area contributed by atoms with E-state index in [9.17, 15) is 0 Å². The molecule has 0 radical (unpaired) electrons. The van der Waals surface area contributed by atoms with Gasteiger partial charge in [0.1, 0.15) is 24.4 Å². The summed E-state index contributed by atoms with van der Waals surface area (Å²) >= 11 is 0. The Morgan fingerprint density at radius 3 is 1.80 bits per heavy atom. The van der Waals surface area contributed by atoms with Crippen LogP contribution < -0.4 is 0 Å². The molecule has 0 spiro atoms. The van der Waals surface area contributed by atoms with Gasteiger partial charge < -0.3 is 37.9 Å². The number of methoxy groups -OCH3 is 2. The van der Waals surface area contributed by atoms with Crippen molar-refractivity contribution in [3.63, 3.8) is 0 Å². The average molecular weight is 364 g/mol. The highest BCUT2D eigenvalue weighted by Gasteiger charge is 2.32. The van der Waals surface area contributed by atoms with Crippen LogP contribution in [0.3, 0.4) is 0 Å². The molecular weight excluding hydrogens is 332 g/mol. The summed E-state index contributed by atoms with van der Waals surface area (Å²) in [7, 11) is 3.29. The minimum absolute atomic E-state index is 0.0427. The molecule has 4 atom stereocenters. The van der Waals surface area contributed by atoms with Gasteiger partial charge in [0.25, 0.3) is 0 Å². The van der Waals surface area contributed by atoms with Crippen LogP contribution >= 0.6 is 0 Å². The number of epoxide rings is 1. The standard InChI is InChI=1S/C17H32O8/c1-17(2)24-12-16(25-17)10-22-8-14(19-4)6-20-5-13(18-3)7-21-9-15-11-23-15/h13-16H,5-12H2,1-4H3. The van der Waals surface area contributed by atoms with Gasteiger partial charge in [-0.2, -0.15) is 0 Å². The molecule has 0 bridgehead atoms. The number of ether oxygens (including phenoxy) is 8. The second-order valence-electron chi connectivity index (χ2n) is 6.73. The van der Waals surface area contributed by atoms with Gasteiger partial charge in [-0.1, -0.05) is 0 Å². The Balaban J connectivity index is 1.51. The van der Waals surface area contributed by atoms with Crippen LogP contribution in [-0.2, 0) is 37.9 Å². The van der Waals surface area contributed by atoms with Gasteiger partial charge in [0, 0.05) is 14.2 Å². The Hall–Kier alpha value is -0.320. The molecule has 0 saturated carbocycles. The van der Waals surface area contributed by atoms with Crippen molar-refractivity contribution < 1.29 is 37.9 Å². The molecule has 2 fully saturated rings. The van der Waals surface area contributed by atoms with E-state index in [2.05, 4.69) is 0 Å². The molecule has 0 aromatic rings. The van der Waals surface area contributed by atoms with Gasteiger partial charge in [0.05, 0.1) is 52.9 Å². The Morgan fingerprint density at radius 2 is 1.36 bits per heavy atom. The molecule has 8 heteroatoms. The molecule has 0 amide bonds. The normalized spacial score (nSPS) is 27.4. The van der Waals surface area contributed by atoms with Crippen LogP contribution in [0.25, 0.3) is 0 Å². The fourth-order valence-electron chi connectivity index (χ4n) is 2.37. The van der Waals surface area contributed by atoms with E-state index in [4.69, 9.17) is 37.9 Å². The zero-order valence-electron chi connectivity index (χ0n) is 15.7. The molecule has 0 N–H and O–H groups in total. The molecule has 8 nitrogen and oxygen atoms in total. The van der Waals surface area contributed by atoms with Crippen molar-refractivity contribution in [2.75, 3.05) is 67.1 Å². The van der Waals surface area contributed by atoms with Crippen molar-refractivity contribution in [2.24, 2.45) is 0 Å². The first-order valence-corrected chi connectivity index (χ1v) is 8.74. The van der Waals surface area contributed by atoms with E-state index in [0.717, 1.165) is 6.61 Å². The van der Waals surface area contributed by atoms with Gasteiger partial charge in [-0.05, 0) is 13.8 Å². The molecule has 2 aliphatic rings. The number of hydrogen-bond acceptors (Lipinski definition) is 8. The smallest absolute Gasteiger partial charge is 0.163 e. The first kappa shape index (κ1) is 21.0. The lowest BCUT2D eigenvalue weighted by molar-refractivity contribution is -0.147. The van der Waals surface area contributed by atoms with Crippen LogP contribution in [-0.4, -0.2) is 97.3 Å². The summed E-state index contributed by atoms with van der Waals surface area (Å²) in [6, 6.07) is 0. The van der Waals surface area contributed by atoms with Crippen molar-refractivity contribution in [3.8, 4) is 0 Å². The lowest BCUT2D eigenvalue weighted by Gasteiger charge is -2.20.